The van der Waals surface area contributed by atoms with Gasteiger partial charge < -0.3 is 9.47 Å². The smallest absolute Gasteiger partial charge is 0.338 e. The van der Waals surface area contributed by atoms with E-state index < -0.39 is 11.9 Å². The number of rotatable bonds is 5. The second-order valence-corrected chi connectivity index (χ2v) is 7.72. The minimum atomic E-state index is -0.472. The van der Waals surface area contributed by atoms with Crippen molar-refractivity contribution in [2.24, 2.45) is 0 Å². The molecule has 144 valence electrons. The van der Waals surface area contributed by atoms with Crippen molar-refractivity contribution < 1.29 is 19.1 Å². The Balaban J connectivity index is 2.04. The molecular weight excluding hydrogens is 352 g/mol. The van der Waals surface area contributed by atoms with Crippen LogP contribution in [0.2, 0.25) is 0 Å². The third kappa shape index (κ3) is 2.84. The Labute approximate surface area is 164 Å². The van der Waals surface area contributed by atoms with Crippen LogP contribution >= 0.6 is 0 Å². The number of aryl methyl sites for hydroxylation is 1. The number of fused-ring (bicyclic) bond motifs is 6. The molecule has 2 aliphatic carbocycles. The van der Waals surface area contributed by atoms with Gasteiger partial charge in [-0.15, -0.1) is 0 Å². The van der Waals surface area contributed by atoms with Crippen LogP contribution in [0.4, 0.5) is 0 Å². The zero-order valence-electron chi connectivity index (χ0n) is 16.3. The highest BCUT2D eigenvalue weighted by Crippen LogP contribution is 2.61. The van der Waals surface area contributed by atoms with E-state index in [-0.39, 0.29) is 0 Å². The van der Waals surface area contributed by atoms with Crippen LogP contribution in [-0.2, 0) is 16.0 Å². The van der Waals surface area contributed by atoms with E-state index in [0.717, 1.165) is 53.1 Å². The molecule has 2 aromatic carbocycles. The normalized spacial score (nSPS) is 19.4. The van der Waals surface area contributed by atoms with Gasteiger partial charge in [-0.1, -0.05) is 32.2 Å². The molecule has 0 aliphatic heterocycles. The van der Waals surface area contributed by atoms with E-state index in [1.165, 1.54) is 6.08 Å². The minimum absolute atomic E-state index is 0.323. The molecule has 0 N–H and O–H groups in total. The summed E-state index contributed by atoms with van der Waals surface area (Å²) in [4.78, 5) is 24.5. The Morgan fingerprint density at radius 1 is 1.11 bits per heavy atom. The molecule has 0 spiro atoms. The second-order valence-electron chi connectivity index (χ2n) is 7.72. The van der Waals surface area contributed by atoms with E-state index >= 15 is 0 Å². The van der Waals surface area contributed by atoms with Crippen LogP contribution in [-0.4, -0.2) is 11.9 Å². The molecule has 4 heteroatoms. The molecule has 0 aromatic heterocycles. The predicted molar refractivity (Wildman–Crippen MR) is 109 cm³/mol. The van der Waals surface area contributed by atoms with Gasteiger partial charge in [0.05, 0.1) is 0 Å². The van der Waals surface area contributed by atoms with Gasteiger partial charge in [0, 0.05) is 33.5 Å². The van der Waals surface area contributed by atoms with Crippen molar-refractivity contribution in [3.05, 3.63) is 59.7 Å². The number of carbonyl (C=O) groups excluding carboxylic acids is 2. The first-order chi connectivity index (χ1) is 13.4. The summed E-state index contributed by atoms with van der Waals surface area (Å²) in [5, 5.41) is 1.61. The largest absolute Gasteiger partial charge is 0.422 e. The Bertz CT molecular complexity index is 1030. The van der Waals surface area contributed by atoms with Crippen molar-refractivity contribution in [3.63, 3.8) is 0 Å². The molecule has 2 aliphatic rings. The summed E-state index contributed by atoms with van der Waals surface area (Å²) < 4.78 is 11.6. The Kier molecular flexibility index (Phi) is 4.58. The number of carbonyl (C=O) groups is 2. The summed E-state index contributed by atoms with van der Waals surface area (Å²) in [6, 6.07) is 6.03. The topological polar surface area (TPSA) is 52.6 Å². The van der Waals surface area contributed by atoms with Crippen molar-refractivity contribution in [2.75, 3.05) is 0 Å². The van der Waals surface area contributed by atoms with Crippen molar-refractivity contribution >= 4 is 22.7 Å². The van der Waals surface area contributed by atoms with E-state index in [4.69, 9.17) is 9.47 Å². The van der Waals surface area contributed by atoms with Gasteiger partial charge in [0.2, 0.25) is 0 Å². The summed E-state index contributed by atoms with van der Waals surface area (Å²) in [6.45, 7) is 11.0. The van der Waals surface area contributed by atoms with Gasteiger partial charge in [-0.3, -0.25) is 0 Å². The molecule has 1 fully saturated rings. The molecule has 28 heavy (non-hydrogen) atoms. The fraction of sp³-hybridized carbons (Fsp3) is 0.333. The number of ether oxygens (including phenoxy) is 2. The monoisotopic (exact) mass is 376 g/mol. The zero-order chi connectivity index (χ0) is 20.0. The quantitative estimate of drug-likeness (QED) is 0.401. The Hall–Kier alpha value is -2.88. The number of hydrogen-bond acceptors (Lipinski definition) is 4. The van der Waals surface area contributed by atoms with Crippen LogP contribution in [0.1, 0.15) is 61.6 Å². The third-order valence-electron chi connectivity index (χ3n) is 5.92. The molecule has 2 aromatic rings. The van der Waals surface area contributed by atoms with E-state index in [2.05, 4.69) is 20.1 Å². The van der Waals surface area contributed by atoms with Crippen LogP contribution in [0.5, 0.6) is 11.5 Å². The van der Waals surface area contributed by atoms with E-state index in [1.54, 1.807) is 6.92 Å². The standard InChI is InChI=1S/C24H24O4/c1-5-14-7-10-17-18(11-14)23(27-19(25)6-2)21-16-9-8-15(12-16)20(21)22(17)28-24(26)13(3)4/h6-7,10-11,15-16H,2-3,5,8-9,12H2,1,4H3. The highest BCUT2D eigenvalue weighted by Gasteiger charge is 2.43. The lowest BCUT2D eigenvalue weighted by atomic mass is 9.86. The number of benzene rings is 2. The van der Waals surface area contributed by atoms with Crippen molar-refractivity contribution in [1.29, 1.82) is 0 Å². The van der Waals surface area contributed by atoms with Crippen molar-refractivity contribution in [1.82, 2.24) is 0 Å². The van der Waals surface area contributed by atoms with Crippen molar-refractivity contribution in [3.8, 4) is 11.5 Å². The molecule has 4 rings (SSSR count). The molecule has 2 bridgehead atoms. The van der Waals surface area contributed by atoms with E-state index in [9.17, 15) is 9.59 Å². The van der Waals surface area contributed by atoms with Gasteiger partial charge in [-0.05, 0) is 56.1 Å². The van der Waals surface area contributed by atoms with Crippen LogP contribution < -0.4 is 9.47 Å². The summed E-state index contributed by atoms with van der Waals surface area (Å²) >= 11 is 0. The highest BCUT2D eigenvalue weighted by molar-refractivity contribution is 6.02. The molecule has 0 heterocycles. The molecule has 0 saturated heterocycles. The van der Waals surface area contributed by atoms with Gasteiger partial charge >= 0.3 is 11.9 Å². The van der Waals surface area contributed by atoms with Crippen LogP contribution in [0.15, 0.2) is 43.0 Å². The summed E-state index contributed by atoms with van der Waals surface area (Å²) in [7, 11) is 0. The zero-order valence-corrected chi connectivity index (χ0v) is 16.3. The fourth-order valence-electron chi connectivity index (χ4n) is 4.59. The van der Waals surface area contributed by atoms with Gasteiger partial charge in [0.15, 0.2) is 0 Å². The minimum Gasteiger partial charge on any atom is -0.422 e. The first-order valence-electron chi connectivity index (χ1n) is 9.78. The molecule has 1 saturated carbocycles. The molecule has 2 unspecified atom stereocenters. The average Bonchev–Trinajstić information content (AvgIpc) is 3.31. The fourth-order valence-corrected chi connectivity index (χ4v) is 4.59. The molecule has 0 radical (unpaired) electrons. The van der Waals surface area contributed by atoms with Crippen LogP contribution in [0.3, 0.4) is 0 Å². The average molecular weight is 376 g/mol. The first-order valence-corrected chi connectivity index (χ1v) is 9.78. The third-order valence-corrected chi connectivity index (χ3v) is 5.92. The SMILES string of the molecule is C=CC(=O)Oc1c2c(c(OC(=O)C(=C)C)c3ccc(CC)cc13)C1CCC2C1. The number of esters is 2. The highest BCUT2D eigenvalue weighted by atomic mass is 16.5. The van der Waals surface area contributed by atoms with E-state index in [0.29, 0.717) is 28.9 Å². The van der Waals surface area contributed by atoms with Gasteiger partial charge in [0.25, 0.3) is 0 Å². The molecule has 0 amide bonds. The summed E-state index contributed by atoms with van der Waals surface area (Å²) in [5.41, 5.74) is 3.53. The number of hydrogen-bond donors (Lipinski definition) is 0. The van der Waals surface area contributed by atoms with Gasteiger partial charge in [-0.25, -0.2) is 9.59 Å². The second kappa shape index (κ2) is 6.93. The maximum Gasteiger partial charge on any atom is 0.338 e. The predicted octanol–water partition coefficient (Wildman–Crippen LogP) is 5.34. The summed E-state index contributed by atoms with van der Waals surface area (Å²) in [5.74, 6) is 0.953. The Morgan fingerprint density at radius 3 is 2.32 bits per heavy atom. The van der Waals surface area contributed by atoms with Crippen LogP contribution in [0, 0.1) is 0 Å². The van der Waals surface area contributed by atoms with Crippen LogP contribution in [0.25, 0.3) is 10.8 Å². The van der Waals surface area contributed by atoms with E-state index in [1.807, 2.05) is 18.2 Å². The molecule has 2 atom stereocenters. The van der Waals surface area contributed by atoms with Gasteiger partial charge in [0.1, 0.15) is 11.5 Å². The molecule has 4 nitrogen and oxygen atoms in total. The summed E-state index contributed by atoms with van der Waals surface area (Å²) in [6.07, 6.45) is 5.16. The van der Waals surface area contributed by atoms with Crippen molar-refractivity contribution in [2.45, 2.75) is 51.4 Å². The first kappa shape index (κ1) is 18.5. The molecular formula is C24H24O4. The lowest BCUT2D eigenvalue weighted by molar-refractivity contribution is -0.130. The lowest BCUT2D eigenvalue weighted by Crippen LogP contribution is -2.14. The lowest BCUT2D eigenvalue weighted by Gasteiger charge is -2.24. The Morgan fingerprint density at radius 2 is 1.75 bits per heavy atom. The van der Waals surface area contributed by atoms with Gasteiger partial charge in [-0.2, -0.15) is 0 Å². The maximum absolute atomic E-state index is 12.4. The maximum atomic E-state index is 12.4.